The summed E-state index contributed by atoms with van der Waals surface area (Å²) in [6.07, 6.45) is 3.65. The van der Waals surface area contributed by atoms with E-state index in [9.17, 15) is 0 Å². The Morgan fingerprint density at radius 1 is 1.46 bits per heavy atom. The molecule has 0 saturated heterocycles. The summed E-state index contributed by atoms with van der Waals surface area (Å²) < 4.78 is 0. The lowest BCUT2D eigenvalue weighted by atomic mass is 10.4. The quantitative estimate of drug-likeness (QED) is 0.638. The van der Waals surface area contributed by atoms with Crippen molar-refractivity contribution in [3.63, 3.8) is 0 Å². The summed E-state index contributed by atoms with van der Waals surface area (Å²) in [5.41, 5.74) is 0. The minimum Gasteiger partial charge on any atom is -0.346 e. The van der Waals surface area contributed by atoms with E-state index in [0.717, 1.165) is 17.6 Å². The Balaban J connectivity index is 2.22. The van der Waals surface area contributed by atoms with Crippen molar-refractivity contribution in [3.8, 4) is 0 Å². The summed E-state index contributed by atoms with van der Waals surface area (Å²) in [7, 11) is 1.95. The summed E-state index contributed by atoms with van der Waals surface area (Å²) in [6, 6.07) is 5.82. The maximum Gasteiger partial charge on any atom is 0.134 e. The molecular formula is C9H10ClN3. The maximum absolute atomic E-state index is 5.92. The third-order valence-electron chi connectivity index (χ3n) is 1.94. The number of hydrogen-bond donors (Lipinski definition) is 0. The predicted molar refractivity (Wildman–Crippen MR) is 53.3 cm³/mol. The minimum absolute atomic E-state index is 0.741. The normalized spacial score (nSPS) is 16.3. The van der Waals surface area contributed by atoms with Gasteiger partial charge >= 0.3 is 0 Å². The van der Waals surface area contributed by atoms with Crippen molar-refractivity contribution in [2.45, 2.75) is 0 Å². The SMILES string of the molecule is CN1CN(c2ccccn2)C=C1Cl. The van der Waals surface area contributed by atoms with Gasteiger partial charge in [-0.3, -0.25) is 0 Å². The van der Waals surface area contributed by atoms with Gasteiger partial charge in [-0.05, 0) is 12.1 Å². The molecule has 68 valence electrons. The van der Waals surface area contributed by atoms with E-state index < -0.39 is 0 Å². The zero-order valence-corrected chi connectivity index (χ0v) is 8.07. The molecule has 0 fully saturated rings. The van der Waals surface area contributed by atoms with Gasteiger partial charge in [0.05, 0.1) is 6.67 Å². The van der Waals surface area contributed by atoms with Crippen molar-refractivity contribution in [2.75, 3.05) is 18.6 Å². The van der Waals surface area contributed by atoms with Crippen LogP contribution in [0.4, 0.5) is 5.82 Å². The molecule has 4 heteroatoms. The molecule has 0 spiro atoms. The number of pyridine rings is 1. The summed E-state index contributed by atoms with van der Waals surface area (Å²) in [4.78, 5) is 8.18. The van der Waals surface area contributed by atoms with Crippen molar-refractivity contribution >= 4 is 17.4 Å². The van der Waals surface area contributed by atoms with Gasteiger partial charge in [-0.25, -0.2) is 4.98 Å². The van der Waals surface area contributed by atoms with Crippen LogP contribution in [0.5, 0.6) is 0 Å². The van der Waals surface area contributed by atoms with Crippen LogP contribution in [0.2, 0.25) is 0 Å². The highest BCUT2D eigenvalue weighted by Crippen LogP contribution is 2.21. The van der Waals surface area contributed by atoms with Gasteiger partial charge in [0.1, 0.15) is 11.0 Å². The highest BCUT2D eigenvalue weighted by molar-refractivity contribution is 6.29. The van der Waals surface area contributed by atoms with Crippen LogP contribution in [0.1, 0.15) is 0 Å². The second-order valence-electron chi connectivity index (χ2n) is 2.95. The van der Waals surface area contributed by atoms with Crippen molar-refractivity contribution in [1.29, 1.82) is 0 Å². The van der Waals surface area contributed by atoms with Gasteiger partial charge in [0.2, 0.25) is 0 Å². The molecular weight excluding hydrogens is 186 g/mol. The van der Waals surface area contributed by atoms with Gasteiger partial charge in [0.25, 0.3) is 0 Å². The molecule has 13 heavy (non-hydrogen) atoms. The predicted octanol–water partition coefficient (Wildman–Crippen LogP) is 1.83. The average Bonchev–Trinajstić information content (AvgIpc) is 2.49. The van der Waals surface area contributed by atoms with Crippen molar-refractivity contribution in [3.05, 3.63) is 35.8 Å². The molecule has 3 nitrogen and oxygen atoms in total. The van der Waals surface area contributed by atoms with Gasteiger partial charge in [0.15, 0.2) is 0 Å². The number of hydrogen-bond acceptors (Lipinski definition) is 3. The molecule has 0 aliphatic carbocycles. The second kappa shape index (κ2) is 3.26. The van der Waals surface area contributed by atoms with E-state index in [1.54, 1.807) is 6.20 Å². The zero-order chi connectivity index (χ0) is 9.26. The van der Waals surface area contributed by atoms with Crippen LogP contribution in [0.3, 0.4) is 0 Å². The summed E-state index contributed by atoms with van der Waals surface area (Å²) in [5, 5.41) is 0.741. The number of rotatable bonds is 1. The second-order valence-corrected chi connectivity index (χ2v) is 3.34. The lowest BCUT2D eigenvalue weighted by Crippen LogP contribution is -2.22. The molecule has 0 bridgehead atoms. The fraction of sp³-hybridized carbons (Fsp3) is 0.222. The first-order valence-corrected chi connectivity index (χ1v) is 4.41. The van der Waals surface area contributed by atoms with Crippen molar-refractivity contribution in [2.24, 2.45) is 0 Å². The number of halogens is 1. The van der Waals surface area contributed by atoms with Gasteiger partial charge in [-0.1, -0.05) is 17.7 Å². The smallest absolute Gasteiger partial charge is 0.134 e. The van der Waals surface area contributed by atoms with Gasteiger partial charge in [-0.2, -0.15) is 0 Å². The van der Waals surface area contributed by atoms with Gasteiger partial charge in [0, 0.05) is 19.4 Å². The Hall–Kier alpha value is -1.22. The van der Waals surface area contributed by atoms with Gasteiger partial charge < -0.3 is 9.80 Å². The molecule has 0 N–H and O–H groups in total. The Morgan fingerprint density at radius 3 is 2.85 bits per heavy atom. The standard InChI is InChI=1S/C9H10ClN3/c1-12-7-13(6-8(12)10)9-4-2-3-5-11-9/h2-6H,7H2,1H3. The van der Waals surface area contributed by atoms with E-state index >= 15 is 0 Å². The fourth-order valence-electron chi connectivity index (χ4n) is 1.23. The van der Waals surface area contributed by atoms with Crippen LogP contribution >= 0.6 is 11.6 Å². The van der Waals surface area contributed by atoms with Crippen molar-refractivity contribution < 1.29 is 0 Å². The molecule has 0 aromatic carbocycles. The number of nitrogens with zero attached hydrogens (tertiary/aromatic N) is 3. The molecule has 0 radical (unpaired) electrons. The molecule has 0 unspecified atom stereocenters. The highest BCUT2D eigenvalue weighted by atomic mass is 35.5. The Labute approximate surface area is 82.2 Å². The number of aromatic nitrogens is 1. The van der Waals surface area contributed by atoms with E-state index in [1.165, 1.54) is 0 Å². The molecule has 1 aliphatic rings. The third-order valence-corrected chi connectivity index (χ3v) is 2.32. The molecule has 1 aromatic heterocycles. The Bertz CT molecular complexity index is 323. The molecule has 0 atom stereocenters. The first-order chi connectivity index (χ1) is 6.27. The summed E-state index contributed by atoms with van der Waals surface area (Å²) in [6.45, 7) is 0.760. The fourth-order valence-corrected chi connectivity index (χ4v) is 1.40. The van der Waals surface area contributed by atoms with Crippen LogP contribution in [0, 0.1) is 0 Å². The zero-order valence-electron chi connectivity index (χ0n) is 7.31. The molecule has 1 aliphatic heterocycles. The van der Waals surface area contributed by atoms with Crippen LogP contribution < -0.4 is 4.90 Å². The number of anilines is 1. The molecule has 2 heterocycles. The van der Waals surface area contributed by atoms with Crippen LogP contribution in [0.15, 0.2) is 35.8 Å². The van der Waals surface area contributed by atoms with E-state index in [4.69, 9.17) is 11.6 Å². The van der Waals surface area contributed by atoms with Gasteiger partial charge in [-0.15, -0.1) is 0 Å². The minimum atomic E-state index is 0.741. The first-order valence-electron chi connectivity index (χ1n) is 4.03. The molecule has 0 amide bonds. The van der Waals surface area contributed by atoms with Crippen LogP contribution in [-0.2, 0) is 0 Å². The summed E-state index contributed by atoms with van der Waals surface area (Å²) in [5.74, 6) is 0.921. The van der Waals surface area contributed by atoms with Crippen LogP contribution in [0.25, 0.3) is 0 Å². The topological polar surface area (TPSA) is 19.4 Å². The van der Waals surface area contributed by atoms with E-state index in [2.05, 4.69) is 4.98 Å². The maximum atomic E-state index is 5.92. The Morgan fingerprint density at radius 2 is 2.31 bits per heavy atom. The first kappa shape index (κ1) is 8.38. The van der Waals surface area contributed by atoms with E-state index in [-0.39, 0.29) is 0 Å². The van der Waals surface area contributed by atoms with E-state index in [1.807, 2.05) is 41.2 Å². The lowest BCUT2D eigenvalue weighted by molar-refractivity contribution is 0.482. The highest BCUT2D eigenvalue weighted by Gasteiger charge is 2.16. The Kier molecular flexibility index (Phi) is 2.10. The van der Waals surface area contributed by atoms with Crippen molar-refractivity contribution in [1.82, 2.24) is 9.88 Å². The van der Waals surface area contributed by atoms with E-state index in [0.29, 0.717) is 0 Å². The molecule has 1 aromatic rings. The average molecular weight is 196 g/mol. The molecule has 2 rings (SSSR count). The van der Waals surface area contributed by atoms with Crippen LogP contribution in [-0.4, -0.2) is 23.6 Å². The molecule has 0 saturated carbocycles. The lowest BCUT2D eigenvalue weighted by Gasteiger charge is -2.16. The monoisotopic (exact) mass is 195 g/mol. The third kappa shape index (κ3) is 1.60. The summed E-state index contributed by atoms with van der Waals surface area (Å²) >= 11 is 5.92. The largest absolute Gasteiger partial charge is 0.346 e.